The standard InChI is InChI=1S/C11H14N2O/c1-6-5-9(14-4)11-10(7(6)2)12-8(3)13-11/h5H,1-4H3,(H,12,13). The van der Waals surface area contributed by atoms with Crippen molar-refractivity contribution in [3.8, 4) is 5.75 Å². The molecule has 2 aromatic rings. The van der Waals surface area contributed by atoms with Gasteiger partial charge in [-0.3, -0.25) is 0 Å². The molecule has 2 rings (SSSR count). The van der Waals surface area contributed by atoms with Gasteiger partial charge in [0.15, 0.2) is 0 Å². The number of rotatable bonds is 1. The summed E-state index contributed by atoms with van der Waals surface area (Å²) in [4.78, 5) is 7.66. The van der Waals surface area contributed by atoms with Crippen molar-refractivity contribution in [2.24, 2.45) is 0 Å². The highest BCUT2D eigenvalue weighted by Gasteiger charge is 2.10. The van der Waals surface area contributed by atoms with Crippen molar-refractivity contribution in [3.05, 3.63) is 23.0 Å². The predicted octanol–water partition coefficient (Wildman–Crippen LogP) is 2.50. The molecule has 0 radical (unpaired) electrons. The van der Waals surface area contributed by atoms with Gasteiger partial charge < -0.3 is 9.72 Å². The third kappa shape index (κ3) is 1.16. The molecule has 1 heterocycles. The summed E-state index contributed by atoms with van der Waals surface area (Å²) in [5, 5.41) is 0. The summed E-state index contributed by atoms with van der Waals surface area (Å²) in [5.41, 5.74) is 4.43. The second-order valence-corrected chi connectivity index (χ2v) is 3.57. The second-order valence-electron chi connectivity index (χ2n) is 3.57. The first-order valence-corrected chi connectivity index (χ1v) is 4.64. The Morgan fingerprint density at radius 3 is 2.64 bits per heavy atom. The molecule has 0 saturated heterocycles. The van der Waals surface area contributed by atoms with Crippen LogP contribution in [-0.2, 0) is 0 Å². The number of aromatic amines is 1. The van der Waals surface area contributed by atoms with Gasteiger partial charge >= 0.3 is 0 Å². The lowest BCUT2D eigenvalue weighted by Crippen LogP contribution is -1.89. The van der Waals surface area contributed by atoms with Crippen molar-refractivity contribution >= 4 is 11.0 Å². The topological polar surface area (TPSA) is 37.9 Å². The number of aryl methyl sites for hydroxylation is 3. The fourth-order valence-corrected chi connectivity index (χ4v) is 1.67. The molecular formula is C11H14N2O. The first-order chi connectivity index (χ1) is 6.63. The van der Waals surface area contributed by atoms with Crippen LogP contribution < -0.4 is 4.74 Å². The number of methoxy groups -OCH3 is 1. The smallest absolute Gasteiger partial charge is 0.144 e. The van der Waals surface area contributed by atoms with E-state index in [1.165, 1.54) is 11.1 Å². The van der Waals surface area contributed by atoms with Crippen molar-refractivity contribution in [2.75, 3.05) is 7.11 Å². The molecule has 1 N–H and O–H groups in total. The molecular weight excluding hydrogens is 176 g/mol. The molecule has 0 spiro atoms. The fourth-order valence-electron chi connectivity index (χ4n) is 1.67. The molecule has 0 amide bonds. The molecule has 0 atom stereocenters. The first kappa shape index (κ1) is 9.06. The Morgan fingerprint density at radius 1 is 1.29 bits per heavy atom. The van der Waals surface area contributed by atoms with Crippen molar-refractivity contribution in [2.45, 2.75) is 20.8 Å². The zero-order chi connectivity index (χ0) is 10.3. The van der Waals surface area contributed by atoms with E-state index in [0.29, 0.717) is 0 Å². The minimum atomic E-state index is 0.865. The zero-order valence-corrected chi connectivity index (χ0v) is 8.93. The van der Waals surface area contributed by atoms with Crippen LogP contribution >= 0.6 is 0 Å². The first-order valence-electron chi connectivity index (χ1n) is 4.64. The third-order valence-electron chi connectivity index (χ3n) is 2.58. The van der Waals surface area contributed by atoms with E-state index in [-0.39, 0.29) is 0 Å². The molecule has 3 nitrogen and oxygen atoms in total. The molecule has 0 bridgehead atoms. The number of hydrogen-bond acceptors (Lipinski definition) is 2. The van der Waals surface area contributed by atoms with Crippen molar-refractivity contribution < 1.29 is 4.74 Å². The summed E-state index contributed by atoms with van der Waals surface area (Å²) < 4.78 is 5.31. The molecule has 0 saturated carbocycles. The molecule has 3 heteroatoms. The van der Waals surface area contributed by atoms with E-state index in [9.17, 15) is 0 Å². The highest BCUT2D eigenvalue weighted by atomic mass is 16.5. The summed E-state index contributed by atoms with van der Waals surface area (Å²) in [5.74, 6) is 1.79. The molecule has 0 aliphatic carbocycles. The number of aromatic nitrogens is 2. The van der Waals surface area contributed by atoms with Gasteiger partial charge in [-0.25, -0.2) is 4.98 Å². The Bertz CT molecular complexity index is 485. The Morgan fingerprint density at radius 2 is 2.00 bits per heavy atom. The number of benzene rings is 1. The van der Waals surface area contributed by atoms with Gasteiger partial charge in [-0.15, -0.1) is 0 Å². The van der Waals surface area contributed by atoms with Crippen LogP contribution in [0.4, 0.5) is 0 Å². The lowest BCUT2D eigenvalue weighted by molar-refractivity contribution is 0.418. The minimum Gasteiger partial charge on any atom is -0.494 e. The number of hydrogen-bond donors (Lipinski definition) is 1. The molecule has 0 unspecified atom stereocenters. The van der Waals surface area contributed by atoms with Crippen LogP contribution in [0.25, 0.3) is 11.0 Å². The van der Waals surface area contributed by atoms with Crippen LogP contribution in [0.2, 0.25) is 0 Å². The Labute approximate surface area is 83.1 Å². The highest BCUT2D eigenvalue weighted by Crippen LogP contribution is 2.28. The summed E-state index contributed by atoms with van der Waals surface area (Å²) >= 11 is 0. The van der Waals surface area contributed by atoms with Crippen LogP contribution in [0.5, 0.6) is 5.75 Å². The molecule has 74 valence electrons. The van der Waals surface area contributed by atoms with Gasteiger partial charge in [0, 0.05) is 0 Å². The van der Waals surface area contributed by atoms with E-state index in [1.807, 2.05) is 13.0 Å². The Hall–Kier alpha value is -1.51. The number of fused-ring (bicyclic) bond motifs is 1. The lowest BCUT2D eigenvalue weighted by atomic mass is 10.1. The number of H-pyrrole nitrogens is 1. The molecule has 0 aliphatic rings. The average Bonchev–Trinajstić information content (AvgIpc) is 2.54. The van der Waals surface area contributed by atoms with Crippen LogP contribution in [-0.4, -0.2) is 17.1 Å². The lowest BCUT2D eigenvalue weighted by Gasteiger charge is -2.05. The summed E-state index contributed by atoms with van der Waals surface area (Å²) in [7, 11) is 1.68. The maximum atomic E-state index is 5.31. The summed E-state index contributed by atoms with van der Waals surface area (Å²) in [6, 6.07) is 2.04. The summed E-state index contributed by atoms with van der Waals surface area (Å²) in [6.45, 7) is 6.10. The van der Waals surface area contributed by atoms with Crippen LogP contribution in [0, 0.1) is 20.8 Å². The van der Waals surface area contributed by atoms with E-state index < -0.39 is 0 Å². The number of ether oxygens (including phenoxy) is 1. The third-order valence-corrected chi connectivity index (χ3v) is 2.58. The number of nitrogens with one attached hydrogen (secondary N) is 1. The Balaban J connectivity index is 2.88. The SMILES string of the molecule is COc1cc(C)c(C)c2nc(C)[nH]c12. The van der Waals surface area contributed by atoms with E-state index in [0.717, 1.165) is 22.6 Å². The maximum absolute atomic E-state index is 5.31. The van der Waals surface area contributed by atoms with Crippen LogP contribution in [0.1, 0.15) is 17.0 Å². The van der Waals surface area contributed by atoms with E-state index in [2.05, 4.69) is 23.8 Å². The molecule has 1 aromatic heterocycles. The molecule has 14 heavy (non-hydrogen) atoms. The van der Waals surface area contributed by atoms with Crippen molar-refractivity contribution in [3.63, 3.8) is 0 Å². The van der Waals surface area contributed by atoms with E-state index in [1.54, 1.807) is 7.11 Å². The van der Waals surface area contributed by atoms with Crippen molar-refractivity contribution in [1.29, 1.82) is 0 Å². The van der Waals surface area contributed by atoms with E-state index >= 15 is 0 Å². The van der Waals surface area contributed by atoms with Crippen LogP contribution in [0.15, 0.2) is 6.07 Å². The molecule has 0 fully saturated rings. The van der Waals surface area contributed by atoms with Crippen LogP contribution in [0.3, 0.4) is 0 Å². The fraction of sp³-hybridized carbons (Fsp3) is 0.364. The van der Waals surface area contributed by atoms with Gasteiger partial charge in [0.2, 0.25) is 0 Å². The zero-order valence-electron chi connectivity index (χ0n) is 8.93. The summed E-state index contributed by atoms with van der Waals surface area (Å²) in [6.07, 6.45) is 0. The van der Waals surface area contributed by atoms with Gasteiger partial charge in [-0.2, -0.15) is 0 Å². The highest BCUT2D eigenvalue weighted by molar-refractivity contribution is 5.85. The number of nitrogens with zero attached hydrogens (tertiary/aromatic N) is 1. The number of imidazole rings is 1. The second kappa shape index (κ2) is 3.01. The monoisotopic (exact) mass is 190 g/mol. The molecule has 1 aromatic carbocycles. The minimum absolute atomic E-state index is 0.865. The average molecular weight is 190 g/mol. The van der Waals surface area contributed by atoms with Gasteiger partial charge in [-0.05, 0) is 38.0 Å². The Kier molecular flexibility index (Phi) is 1.95. The predicted molar refractivity (Wildman–Crippen MR) is 56.9 cm³/mol. The van der Waals surface area contributed by atoms with Gasteiger partial charge in [0.25, 0.3) is 0 Å². The van der Waals surface area contributed by atoms with Gasteiger partial charge in [-0.1, -0.05) is 0 Å². The van der Waals surface area contributed by atoms with Gasteiger partial charge in [0.05, 0.1) is 12.6 Å². The largest absolute Gasteiger partial charge is 0.494 e. The quantitative estimate of drug-likeness (QED) is 0.750. The van der Waals surface area contributed by atoms with Gasteiger partial charge in [0.1, 0.15) is 17.1 Å². The maximum Gasteiger partial charge on any atom is 0.144 e. The normalized spacial score (nSPS) is 10.9. The molecule has 0 aliphatic heterocycles. The van der Waals surface area contributed by atoms with Crippen molar-refractivity contribution in [1.82, 2.24) is 9.97 Å². The van der Waals surface area contributed by atoms with E-state index in [4.69, 9.17) is 4.74 Å².